The van der Waals surface area contributed by atoms with Crippen molar-refractivity contribution in [1.82, 2.24) is 0 Å². The largest absolute Gasteiger partial charge is 0.0578 e. The monoisotopic (exact) mass is 488 g/mol. The van der Waals surface area contributed by atoms with Crippen LogP contribution < -0.4 is 0 Å². The van der Waals surface area contributed by atoms with Crippen molar-refractivity contribution >= 4 is 64.6 Å². The molecule has 0 saturated heterocycles. The highest BCUT2D eigenvalue weighted by Crippen LogP contribution is 2.48. The first-order valence-electron chi connectivity index (χ1n) is 9.84. The summed E-state index contributed by atoms with van der Waals surface area (Å²) in [4.78, 5) is 0. The van der Waals surface area contributed by atoms with Crippen molar-refractivity contribution in [2.75, 3.05) is 0 Å². The normalized spacial score (nSPS) is 18.1. The Morgan fingerprint density at radius 2 is 0.964 bits per heavy atom. The number of halogens is 2. The van der Waals surface area contributed by atoms with Crippen LogP contribution >= 0.6 is 31.9 Å². The van der Waals surface area contributed by atoms with E-state index >= 15 is 0 Å². The van der Waals surface area contributed by atoms with Crippen LogP contribution in [0.15, 0.2) is 69.6 Å². The van der Waals surface area contributed by atoms with Gasteiger partial charge in [0.1, 0.15) is 0 Å². The average Bonchev–Trinajstić information content (AvgIpc) is 3.31. The minimum Gasteiger partial charge on any atom is -0.0578 e. The Morgan fingerprint density at radius 3 is 1.43 bits per heavy atom. The van der Waals surface area contributed by atoms with Gasteiger partial charge in [0.25, 0.3) is 0 Å². The van der Waals surface area contributed by atoms with Gasteiger partial charge in [0, 0.05) is 8.95 Å². The lowest BCUT2D eigenvalue weighted by Gasteiger charge is -2.13. The maximum absolute atomic E-state index is 3.63. The van der Waals surface area contributed by atoms with Gasteiger partial charge in [-0.25, -0.2) is 0 Å². The van der Waals surface area contributed by atoms with Crippen molar-refractivity contribution in [3.8, 4) is 0 Å². The number of hydrogen-bond acceptors (Lipinski definition) is 0. The van der Waals surface area contributed by atoms with E-state index in [-0.39, 0.29) is 0 Å². The summed E-state index contributed by atoms with van der Waals surface area (Å²) < 4.78 is 2.30. The highest BCUT2D eigenvalue weighted by atomic mass is 79.9. The van der Waals surface area contributed by atoms with Crippen LogP contribution in [0.4, 0.5) is 0 Å². The average molecular weight is 490 g/mol. The third kappa shape index (κ3) is 2.47. The SMILES string of the molecule is Brc1ccc2c3c(ccc2c1)CC/C3=C1/CCc2ccc3cc(Br)ccc3c21. The van der Waals surface area contributed by atoms with Crippen LogP contribution in [0.5, 0.6) is 0 Å². The first-order valence-corrected chi connectivity index (χ1v) is 11.4. The molecule has 0 amide bonds. The van der Waals surface area contributed by atoms with Crippen LogP contribution in [-0.4, -0.2) is 0 Å². The number of hydrogen-bond donors (Lipinski definition) is 0. The molecule has 0 N–H and O–H groups in total. The van der Waals surface area contributed by atoms with E-state index in [4.69, 9.17) is 0 Å². The highest BCUT2D eigenvalue weighted by molar-refractivity contribution is 9.10. The Kier molecular flexibility index (Phi) is 3.83. The van der Waals surface area contributed by atoms with E-state index in [1.807, 2.05) is 0 Å². The van der Waals surface area contributed by atoms with E-state index in [2.05, 4.69) is 92.5 Å². The van der Waals surface area contributed by atoms with Crippen LogP contribution in [0, 0.1) is 0 Å². The van der Waals surface area contributed by atoms with Crippen molar-refractivity contribution in [3.05, 3.63) is 91.9 Å². The van der Waals surface area contributed by atoms with E-state index in [0.29, 0.717) is 0 Å². The topological polar surface area (TPSA) is 0 Å². The summed E-state index contributed by atoms with van der Waals surface area (Å²) in [6.07, 6.45) is 4.63. The molecule has 0 aromatic heterocycles. The van der Waals surface area contributed by atoms with E-state index in [0.717, 1.165) is 34.6 Å². The van der Waals surface area contributed by atoms with Crippen LogP contribution in [0.3, 0.4) is 0 Å². The predicted molar refractivity (Wildman–Crippen MR) is 127 cm³/mol. The molecule has 0 spiro atoms. The van der Waals surface area contributed by atoms with Crippen molar-refractivity contribution in [3.63, 3.8) is 0 Å². The van der Waals surface area contributed by atoms with Crippen molar-refractivity contribution in [2.45, 2.75) is 25.7 Å². The molecule has 6 rings (SSSR count). The van der Waals surface area contributed by atoms with Gasteiger partial charge in [0.2, 0.25) is 0 Å². The molecule has 0 radical (unpaired) electrons. The van der Waals surface area contributed by atoms with Gasteiger partial charge in [0.05, 0.1) is 0 Å². The second-order valence-electron chi connectivity index (χ2n) is 7.89. The van der Waals surface area contributed by atoms with E-state index < -0.39 is 0 Å². The quantitative estimate of drug-likeness (QED) is 0.233. The summed E-state index contributed by atoms with van der Waals surface area (Å²) in [5.41, 5.74) is 9.18. The van der Waals surface area contributed by atoms with Gasteiger partial charge >= 0.3 is 0 Å². The lowest BCUT2D eigenvalue weighted by Crippen LogP contribution is -1.90. The van der Waals surface area contributed by atoms with Crippen LogP contribution in [0.2, 0.25) is 0 Å². The lowest BCUT2D eigenvalue weighted by atomic mass is 9.91. The first kappa shape index (κ1) is 17.0. The van der Waals surface area contributed by atoms with Crippen LogP contribution in [-0.2, 0) is 12.8 Å². The summed E-state index contributed by atoms with van der Waals surface area (Å²) in [7, 11) is 0. The minimum absolute atomic E-state index is 1.15. The molecule has 4 aromatic rings. The predicted octanol–water partition coefficient (Wildman–Crippen LogP) is 8.32. The fourth-order valence-electron chi connectivity index (χ4n) is 5.19. The molecule has 2 aliphatic rings. The van der Waals surface area contributed by atoms with E-state index in [1.54, 1.807) is 11.1 Å². The Hall–Kier alpha value is -1.90. The second-order valence-corrected chi connectivity index (χ2v) is 9.72. The van der Waals surface area contributed by atoms with E-state index in [1.165, 1.54) is 43.8 Å². The van der Waals surface area contributed by atoms with Crippen molar-refractivity contribution in [1.29, 1.82) is 0 Å². The standard InChI is InChI=1S/C26H18Br2/c27-19-7-11-21-17(13-19)3-1-15-5-9-23(25(15)21)24-10-6-16-2-4-18-14-20(28)8-12-22(18)26(16)24/h1-4,7-8,11-14H,5-6,9-10H2/b24-23+. The third-order valence-corrected chi connectivity index (χ3v) is 7.38. The van der Waals surface area contributed by atoms with Gasteiger partial charge in [0.15, 0.2) is 0 Å². The molecule has 0 fully saturated rings. The summed E-state index contributed by atoms with van der Waals surface area (Å²) in [5, 5.41) is 5.45. The van der Waals surface area contributed by atoms with Gasteiger partial charge in [-0.1, -0.05) is 68.3 Å². The molecule has 0 bridgehead atoms. The molecule has 28 heavy (non-hydrogen) atoms. The summed E-state index contributed by atoms with van der Waals surface area (Å²) in [5.74, 6) is 0. The first-order chi connectivity index (χ1) is 13.7. The molecule has 4 aromatic carbocycles. The molecular weight excluding hydrogens is 472 g/mol. The smallest absolute Gasteiger partial charge is 0.0181 e. The minimum atomic E-state index is 1.15. The molecule has 0 aliphatic heterocycles. The van der Waals surface area contributed by atoms with Crippen molar-refractivity contribution in [2.24, 2.45) is 0 Å². The molecule has 0 nitrogen and oxygen atoms in total. The highest BCUT2D eigenvalue weighted by Gasteiger charge is 2.27. The second kappa shape index (κ2) is 6.30. The maximum atomic E-state index is 3.63. The zero-order valence-electron chi connectivity index (χ0n) is 15.4. The van der Waals surface area contributed by atoms with Gasteiger partial charge in [-0.2, -0.15) is 0 Å². The van der Waals surface area contributed by atoms with Crippen LogP contribution in [0.1, 0.15) is 35.1 Å². The summed E-state index contributed by atoms with van der Waals surface area (Å²) in [6.45, 7) is 0. The zero-order chi connectivity index (χ0) is 18.8. The fourth-order valence-corrected chi connectivity index (χ4v) is 5.95. The number of rotatable bonds is 0. The summed E-state index contributed by atoms with van der Waals surface area (Å²) in [6, 6.07) is 22.7. The third-order valence-electron chi connectivity index (χ3n) is 6.39. The van der Waals surface area contributed by atoms with Gasteiger partial charge in [-0.3, -0.25) is 0 Å². The molecule has 2 aliphatic carbocycles. The zero-order valence-corrected chi connectivity index (χ0v) is 18.5. The molecule has 0 heterocycles. The van der Waals surface area contributed by atoms with Gasteiger partial charge in [-0.15, -0.1) is 0 Å². The lowest BCUT2D eigenvalue weighted by molar-refractivity contribution is 1.06. The molecule has 136 valence electrons. The number of aryl methyl sites for hydroxylation is 2. The Balaban J connectivity index is 1.67. The summed E-state index contributed by atoms with van der Waals surface area (Å²) >= 11 is 7.27. The molecule has 0 unspecified atom stereocenters. The Labute approximate surface area is 181 Å². The molecular formula is C26H18Br2. The van der Waals surface area contributed by atoms with Crippen molar-refractivity contribution < 1.29 is 0 Å². The van der Waals surface area contributed by atoms with Gasteiger partial charge in [-0.05, 0) is 105 Å². The van der Waals surface area contributed by atoms with E-state index in [9.17, 15) is 0 Å². The van der Waals surface area contributed by atoms with Crippen LogP contribution in [0.25, 0.3) is 32.7 Å². The van der Waals surface area contributed by atoms with Gasteiger partial charge < -0.3 is 0 Å². The maximum Gasteiger partial charge on any atom is 0.0181 e. The molecule has 0 atom stereocenters. The fraction of sp³-hybridized carbons (Fsp3) is 0.154. The Bertz CT molecular complexity index is 1220. The molecule has 2 heteroatoms. The number of benzene rings is 4. The molecule has 0 saturated carbocycles. The number of allylic oxidation sites excluding steroid dienone is 2. The number of fused-ring (bicyclic) bond motifs is 6. The Morgan fingerprint density at radius 1 is 0.500 bits per heavy atom.